The summed E-state index contributed by atoms with van der Waals surface area (Å²) in [6.07, 6.45) is 3.49. The van der Waals surface area contributed by atoms with Crippen molar-refractivity contribution in [2.75, 3.05) is 18.4 Å². The molecule has 0 aromatic heterocycles. The molecule has 3 nitrogen and oxygen atoms in total. The maximum atomic E-state index is 12.2. The van der Waals surface area contributed by atoms with E-state index in [4.69, 9.17) is 0 Å². The Kier molecular flexibility index (Phi) is 4.24. The first-order valence-corrected chi connectivity index (χ1v) is 6.83. The van der Waals surface area contributed by atoms with Gasteiger partial charge in [0, 0.05) is 18.8 Å². The van der Waals surface area contributed by atoms with Gasteiger partial charge in [0.15, 0.2) is 0 Å². The van der Waals surface area contributed by atoms with Crippen LogP contribution in [0.25, 0.3) is 0 Å². The number of para-hydroxylation sites is 1. The summed E-state index contributed by atoms with van der Waals surface area (Å²) in [5.41, 5.74) is 2.14. The van der Waals surface area contributed by atoms with Crippen molar-refractivity contribution in [2.24, 2.45) is 0 Å². The lowest BCUT2D eigenvalue weighted by molar-refractivity contribution is 0.200. The zero-order valence-corrected chi connectivity index (χ0v) is 11.3. The fraction of sp³-hybridized carbons (Fsp3) is 0.533. The van der Waals surface area contributed by atoms with Gasteiger partial charge in [-0.3, -0.25) is 0 Å². The third kappa shape index (κ3) is 3.03. The quantitative estimate of drug-likeness (QED) is 0.845. The number of rotatable bonds is 2. The van der Waals surface area contributed by atoms with Crippen LogP contribution in [-0.2, 0) is 0 Å². The molecule has 1 aromatic carbocycles. The minimum absolute atomic E-state index is 0.0443. The summed E-state index contributed by atoms with van der Waals surface area (Å²) >= 11 is 0. The number of urea groups is 1. The molecule has 2 amide bonds. The first kappa shape index (κ1) is 12.9. The number of amides is 2. The molecule has 0 radical (unpaired) electrons. The number of likely N-dealkylation sites (tertiary alicyclic amines) is 1. The van der Waals surface area contributed by atoms with Gasteiger partial charge in [-0.15, -0.1) is 0 Å². The zero-order valence-electron chi connectivity index (χ0n) is 11.3. The largest absolute Gasteiger partial charge is 0.325 e. The molecule has 1 aliphatic heterocycles. The van der Waals surface area contributed by atoms with E-state index in [1.807, 2.05) is 23.1 Å². The number of anilines is 1. The summed E-state index contributed by atoms with van der Waals surface area (Å²) < 4.78 is 0. The maximum Gasteiger partial charge on any atom is 0.321 e. The van der Waals surface area contributed by atoms with Crippen molar-refractivity contribution in [1.29, 1.82) is 0 Å². The van der Waals surface area contributed by atoms with E-state index in [-0.39, 0.29) is 6.03 Å². The highest BCUT2D eigenvalue weighted by molar-refractivity contribution is 5.90. The van der Waals surface area contributed by atoms with Crippen LogP contribution < -0.4 is 5.32 Å². The maximum absolute atomic E-state index is 12.2. The van der Waals surface area contributed by atoms with E-state index in [1.54, 1.807) is 0 Å². The van der Waals surface area contributed by atoms with Crippen LogP contribution in [0.1, 0.15) is 44.6 Å². The summed E-state index contributed by atoms with van der Waals surface area (Å²) in [5, 5.41) is 3.05. The van der Waals surface area contributed by atoms with Gasteiger partial charge in [0.2, 0.25) is 0 Å². The monoisotopic (exact) mass is 246 g/mol. The van der Waals surface area contributed by atoms with Crippen LogP contribution in [0, 0.1) is 0 Å². The minimum Gasteiger partial charge on any atom is -0.325 e. The van der Waals surface area contributed by atoms with Gasteiger partial charge in [-0.05, 0) is 36.8 Å². The predicted octanol–water partition coefficient (Wildman–Crippen LogP) is 3.83. The SMILES string of the molecule is CC(C)c1ccccc1NC(=O)N1CCCCC1. The number of nitrogens with one attached hydrogen (secondary N) is 1. The molecule has 1 N–H and O–H groups in total. The molecule has 0 aliphatic carbocycles. The van der Waals surface area contributed by atoms with Crippen LogP contribution >= 0.6 is 0 Å². The van der Waals surface area contributed by atoms with E-state index in [0.29, 0.717) is 5.92 Å². The smallest absolute Gasteiger partial charge is 0.321 e. The van der Waals surface area contributed by atoms with Gasteiger partial charge >= 0.3 is 6.03 Å². The van der Waals surface area contributed by atoms with E-state index in [0.717, 1.165) is 31.6 Å². The summed E-state index contributed by atoms with van der Waals surface area (Å²) in [7, 11) is 0. The Morgan fingerprint density at radius 1 is 1.17 bits per heavy atom. The zero-order chi connectivity index (χ0) is 13.0. The molecule has 98 valence electrons. The molecule has 18 heavy (non-hydrogen) atoms. The number of hydrogen-bond acceptors (Lipinski definition) is 1. The molecule has 1 saturated heterocycles. The van der Waals surface area contributed by atoms with Crippen molar-refractivity contribution in [3.8, 4) is 0 Å². The number of benzene rings is 1. The van der Waals surface area contributed by atoms with E-state index in [9.17, 15) is 4.79 Å². The summed E-state index contributed by atoms with van der Waals surface area (Å²) in [6.45, 7) is 6.06. The lowest BCUT2D eigenvalue weighted by Crippen LogP contribution is -2.38. The van der Waals surface area contributed by atoms with Crippen molar-refractivity contribution >= 4 is 11.7 Å². The minimum atomic E-state index is 0.0443. The lowest BCUT2D eigenvalue weighted by Gasteiger charge is -2.27. The molecule has 0 spiro atoms. The Morgan fingerprint density at radius 2 is 1.83 bits per heavy atom. The normalized spacial score (nSPS) is 15.8. The fourth-order valence-corrected chi connectivity index (χ4v) is 2.41. The van der Waals surface area contributed by atoms with Gasteiger partial charge in [-0.1, -0.05) is 32.0 Å². The first-order chi connectivity index (χ1) is 8.68. The third-order valence-corrected chi connectivity index (χ3v) is 3.47. The number of hydrogen-bond donors (Lipinski definition) is 1. The van der Waals surface area contributed by atoms with Crippen molar-refractivity contribution in [1.82, 2.24) is 4.90 Å². The molecule has 1 fully saturated rings. The Morgan fingerprint density at radius 3 is 2.50 bits per heavy atom. The Hall–Kier alpha value is -1.51. The summed E-state index contributed by atoms with van der Waals surface area (Å²) in [6, 6.07) is 8.10. The summed E-state index contributed by atoms with van der Waals surface area (Å²) in [5.74, 6) is 0.419. The van der Waals surface area contributed by atoms with Gasteiger partial charge in [-0.2, -0.15) is 0 Å². The van der Waals surface area contributed by atoms with Gasteiger partial charge in [0.25, 0.3) is 0 Å². The Bertz CT molecular complexity index is 409. The number of nitrogens with zero attached hydrogens (tertiary/aromatic N) is 1. The number of carbonyl (C=O) groups is 1. The standard InChI is InChI=1S/C15H22N2O/c1-12(2)13-8-4-5-9-14(13)16-15(18)17-10-6-3-7-11-17/h4-5,8-9,12H,3,6-7,10-11H2,1-2H3,(H,16,18). The van der Waals surface area contributed by atoms with Gasteiger partial charge < -0.3 is 10.2 Å². The molecule has 3 heteroatoms. The van der Waals surface area contributed by atoms with Crippen LogP contribution in [0.2, 0.25) is 0 Å². The second-order valence-electron chi connectivity index (χ2n) is 5.22. The van der Waals surface area contributed by atoms with Crippen LogP contribution in [0.3, 0.4) is 0 Å². The molecule has 1 aliphatic rings. The molecule has 0 bridgehead atoms. The molecule has 1 heterocycles. The van der Waals surface area contributed by atoms with E-state index >= 15 is 0 Å². The van der Waals surface area contributed by atoms with Crippen LogP contribution in [0.15, 0.2) is 24.3 Å². The topological polar surface area (TPSA) is 32.3 Å². The highest BCUT2D eigenvalue weighted by Gasteiger charge is 2.17. The molecule has 1 aromatic rings. The average molecular weight is 246 g/mol. The number of piperidine rings is 1. The van der Waals surface area contributed by atoms with Crippen LogP contribution in [0.4, 0.5) is 10.5 Å². The van der Waals surface area contributed by atoms with E-state index in [1.165, 1.54) is 12.0 Å². The highest BCUT2D eigenvalue weighted by atomic mass is 16.2. The van der Waals surface area contributed by atoms with Gasteiger partial charge in [0.05, 0.1) is 0 Å². The Labute approximate surface area is 109 Å². The van der Waals surface area contributed by atoms with Crippen LogP contribution in [-0.4, -0.2) is 24.0 Å². The second kappa shape index (κ2) is 5.89. The average Bonchev–Trinajstić information content (AvgIpc) is 2.40. The lowest BCUT2D eigenvalue weighted by atomic mass is 10.0. The molecular weight excluding hydrogens is 224 g/mol. The highest BCUT2D eigenvalue weighted by Crippen LogP contribution is 2.24. The fourth-order valence-electron chi connectivity index (χ4n) is 2.41. The Balaban J connectivity index is 2.06. The van der Waals surface area contributed by atoms with E-state index in [2.05, 4.69) is 25.2 Å². The van der Waals surface area contributed by atoms with Gasteiger partial charge in [0.1, 0.15) is 0 Å². The van der Waals surface area contributed by atoms with Crippen LogP contribution in [0.5, 0.6) is 0 Å². The molecular formula is C15H22N2O. The first-order valence-electron chi connectivity index (χ1n) is 6.83. The molecule has 0 atom stereocenters. The molecule has 2 rings (SSSR count). The van der Waals surface area contributed by atoms with Gasteiger partial charge in [-0.25, -0.2) is 4.79 Å². The summed E-state index contributed by atoms with van der Waals surface area (Å²) in [4.78, 5) is 14.1. The van der Waals surface area contributed by atoms with Crippen molar-refractivity contribution in [2.45, 2.75) is 39.0 Å². The predicted molar refractivity (Wildman–Crippen MR) is 75.0 cm³/mol. The van der Waals surface area contributed by atoms with Crippen molar-refractivity contribution in [3.05, 3.63) is 29.8 Å². The van der Waals surface area contributed by atoms with Crippen molar-refractivity contribution in [3.63, 3.8) is 0 Å². The van der Waals surface area contributed by atoms with Crippen molar-refractivity contribution < 1.29 is 4.79 Å². The molecule has 0 unspecified atom stereocenters. The third-order valence-electron chi connectivity index (χ3n) is 3.47. The number of carbonyl (C=O) groups excluding carboxylic acids is 1. The second-order valence-corrected chi connectivity index (χ2v) is 5.22. The molecule has 0 saturated carbocycles. The van der Waals surface area contributed by atoms with E-state index < -0.39 is 0 Å².